The van der Waals surface area contributed by atoms with Crippen molar-refractivity contribution in [2.45, 2.75) is 17.2 Å². The third kappa shape index (κ3) is 6.01. The Labute approximate surface area is 134 Å². The lowest BCUT2D eigenvalue weighted by molar-refractivity contribution is 0.199. The number of ether oxygens (including phenoxy) is 1. The Kier molecular flexibility index (Phi) is 6.95. The molecule has 1 aromatic carbocycles. The predicted molar refractivity (Wildman–Crippen MR) is 86.6 cm³/mol. The monoisotopic (exact) mass is 323 g/mol. The molecular weight excluding hydrogens is 306 g/mol. The van der Waals surface area contributed by atoms with Gasteiger partial charge in [-0.15, -0.1) is 11.8 Å². The van der Waals surface area contributed by atoms with Gasteiger partial charge in [-0.3, -0.25) is 0 Å². The lowest BCUT2D eigenvalue weighted by Gasteiger charge is -2.05. The zero-order valence-electron chi connectivity index (χ0n) is 11.9. The summed E-state index contributed by atoms with van der Waals surface area (Å²) in [5.41, 5.74) is 1.07. The average molecular weight is 324 g/mol. The molecule has 0 atom stereocenters. The molecule has 0 aliphatic rings. The van der Waals surface area contributed by atoms with Crippen LogP contribution in [0.5, 0.6) is 0 Å². The fourth-order valence-electron chi connectivity index (χ4n) is 1.66. The molecular formula is C15H18ClN3OS. The van der Waals surface area contributed by atoms with Crippen LogP contribution in [0.1, 0.15) is 11.4 Å². The minimum absolute atomic E-state index is 0.704. The summed E-state index contributed by atoms with van der Waals surface area (Å²) in [6, 6.07) is 7.79. The number of benzene rings is 1. The summed E-state index contributed by atoms with van der Waals surface area (Å²) < 4.78 is 4.98. The van der Waals surface area contributed by atoms with Gasteiger partial charge in [-0.05, 0) is 18.2 Å². The molecule has 1 heterocycles. The van der Waals surface area contributed by atoms with Crippen LogP contribution < -0.4 is 5.32 Å². The van der Waals surface area contributed by atoms with Crippen molar-refractivity contribution in [1.29, 1.82) is 0 Å². The van der Waals surface area contributed by atoms with Gasteiger partial charge in [0.15, 0.2) is 0 Å². The molecule has 2 aromatic rings. The molecule has 0 fully saturated rings. The summed E-state index contributed by atoms with van der Waals surface area (Å²) >= 11 is 7.63. The summed E-state index contributed by atoms with van der Waals surface area (Å²) in [5.74, 6) is 1.55. The Morgan fingerprint density at radius 2 is 2.10 bits per heavy atom. The van der Waals surface area contributed by atoms with Gasteiger partial charge in [0.2, 0.25) is 0 Å². The van der Waals surface area contributed by atoms with Crippen LogP contribution >= 0.6 is 23.4 Å². The van der Waals surface area contributed by atoms with E-state index in [2.05, 4.69) is 15.3 Å². The second kappa shape index (κ2) is 9.00. The van der Waals surface area contributed by atoms with Gasteiger partial charge in [-0.25, -0.2) is 9.97 Å². The van der Waals surface area contributed by atoms with E-state index in [1.807, 2.05) is 36.7 Å². The van der Waals surface area contributed by atoms with E-state index in [0.717, 1.165) is 40.1 Å². The third-order valence-corrected chi connectivity index (χ3v) is 3.96. The van der Waals surface area contributed by atoms with Crippen molar-refractivity contribution in [3.8, 4) is 0 Å². The molecule has 0 radical (unpaired) electrons. The SMILES string of the molecule is COCCNCc1cnc(CSc2cccc(Cl)c2)nc1. The molecule has 0 unspecified atom stereocenters. The fraction of sp³-hybridized carbons (Fsp3) is 0.333. The van der Waals surface area contributed by atoms with E-state index in [0.29, 0.717) is 6.61 Å². The van der Waals surface area contributed by atoms with Crippen molar-refractivity contribution >= 4 is 23.4 Å². The topological polar surface area (TPSA) is 47.0 Å². The van der Waals surface area contributed by atoms with E-state index < -0.39 is 0 Å². The van der Waals surface area contributed by atoms with Crippen molar-refractivity contribution < 1.29 is 4.74 Å². The quantitative estimate of drug-likeness (QED) is 0.597. The minimum Gasteiger partial charge on any atom is -0.383 e. The highest BCUT2D eigenvalue weighted by Crippen LogP contribution is 2.23. The smallest absolute Gasteiger partial charge is 0.138 e. The zero-order valence-corrected chi connectivity index (χ0v) is 13.5. The lowest BCUT2D eigenvalue weighted by Crippen LogP contribution is -2.18. The standard InChI is InChI=1S/C15H18ClN3OS/c1-20-6-5-17-8-12-9-18-15(19-10-12)11-21-14-4-2-3-13(16)7-14/h2-4,7,9-10,17H,5-6,8,11H2,1H3. The number of thioether (sulfide) groups is 1. The number of nitrogens with zero attached hydrogens (tertiary/aromatic N) is 2. The Morgan fingerprint density at radius 1 is 1.29 bits per heavy atom. The summed E-state index contributed by atoms with van der Waals surface area (Å²) in [7, 11) is 1.69. The Hall–Kier alpha value is -1.14. The maximum atomic E-state index is 5.96. The normalized spacial score (nSPS) is 10.8. The van der Waals surface area contributed by atoms with Crippen molar-refractivity contribution in [1.82, 2.24) is 15.3 Å². The lowest BCUT2D eigenvalue weighted by atomic mass is 10.3. The molecule has 0 aliphatic heterocycles. The van der Waals surface area contributed by atoms with Crippen molar-refractivity contribution in [3.05, 3.63) is 53.1 Å². The second-order valence-corrected chi connectivity index (χ2v) is 5.91. The zero-order chi connectivity index (χ0) is 14.9. The van der Waals surface area contributed by atoms with Crippen molar-refractivity contribution in [2.75, 3.05) is 20.3 Å². The fourth-order valence-corrected chi connectivity index (χ4v) is 2.74. The van der Waals surface area contributed by atoms with Gasteiger partial charge in [-0.2, -0.15) is 0 Å². The summed E-state index contributed by atoms with van der Waals surface area (Å²) in [5, 5.41) is 4.01. The maximum absolute atomic E-state index is 5.96. The van der Waals surface area contributed by atoms with Crippen LogP contribution in [0, 0.1) is 0 Å². The van der Waals surface area contributed by atoms with Crippen LogP contribution in [-0.4, -0.2) is 30.2 Å². The van der Waals surface area contributed by atoms with Gasteiger partial charge in [0.05, 0.1) is 12.4 Å². The van der Waals surface area contributed by atoms with E-state index in [9.17, 15) is 0 Å². The summed E-state index contributed by atoms with van der Waals surface area (Å²) in [4.78, 5) is 9.88. The van der Waals surface area contributed by atoms with Gasteiger partial charge in [0.25, 0.3) is 0 Å². The first-order chi connectivity index (χ1) is 10.3. The predicted octanol–water partition coefficient (Wildman–Crippen LogP) is 3.16. The number of aromatic nitrogens is 2. The number of hydrogen-bond acceptors (Lipinski definition) is 5. The van der Waals surface area contributed by atoms with Crippen LogP contribution in [0.25, 0.3) is 0 Å². The molecule has 2 rings (SSSR count). The van der Waals surface area contributed by atoms with E-state index >= 15 is 0 Å². The van der Waals surface area contributed by atoms with Crippen LogP contribution in [0.2, 0.25) is 5.02 Å². The second-order valence-electron chi connectivity index (χ2n) is 4.42. The first-order valence-corrected chi connectivity index (χ1v) is 8.02. The first-order valence-electron chi connectivity index (χ1n) is 6.66. The molecule has 112 valence electrons. The van der Waals surface area contributed by atoms with Crippen molar-refractivity contribution in [3.63, 3.8) is 0 Å². The highest BCUT2D eigenvalue weighted by molar-refractivity contribution is 7.98. The first kappa shape index (κ1) is 16.2. The number of nitrogens with one attached hydrogen (secondary N) is 1. The summed E-state index contributed by atoms with van der Waals surface area (Å²) in [6.45, 7) is 2.28. The highest BCUT2D eigenvalue weighted by Gasteiger charge is 2.01. The third-order valence-electron chi connectivity index (χ3n) is 2.73. The average Bonchev–Trinajstić information content (AvgIpc) is 2.51. The maximum Gasteiger partial charge on any atom is 0.138 e. The Morgan fingerprint density at radius 3 is 2.81 bits per heavy atom. The van der Waals surface area contributed by atoms with E-state index in [1.165, 1.54) is 0 Å². The number of rotatable bonds is 8. The van der Waals surface area contributed by atoms with Gasteiger partial charge in [0.1, 0.15) is 5.82 Å². The van der Waals surface area contributed by atoms with Crippen LogP contribution in [0.4, 0.5) is 0 Å². The molecule has 4 nitrogen and oxygen atoms in total. The van der Waals surface area contributed by atoms with Gasteiger partial charge >= 0.3 is 0 Å². The van der Waals surface area contributed by atoms with Crippen LogP contribution in [-0.2, 0) is 17.0 Å². The molecule has 0 saturated carbocycles. The molecule has 0 saturated heterocycles. The molecule has 0 bridgehead atoms. The Balaban J connectivity index is 1.79. The number of methoxy groups -OCH3 is 1. The Bertz CT molecular complexity index is 551. The van der Waals surface area contributed by atoms with E-state index in [4.69, 9.17) is 16.3 Å². The van der Waals surface area contributed by atoms with Crippen molar-refractivity contribution in [2.24, 2.45) is 0 Å². The summed E-state index contributed by atoms with van der Waals surface area (Å²) in [6.07, 6.45) is 3.72. The highest BCUT2D eigenvalue weighted by atomic mass is 35.5. The largest absolute Gasteiger partial charge is 0.383 e. The number of halogens is 1. The molecule has 1 N–H and O–H groups in total. The van der Waals surface area contributed by atoms with Crippen LogP contribution in [0.3, 0.4) is 0 Å². The van der Waals surface area contributed by atoms with Gasteiger partial charge < -0.3 is 10.1 Å². The molecule has 0 aliphatic carbocycles. The minimum atomic E-state index is 0.704. The molecule has 21 heavy (non-hydrogen) atoms. The molecule has 0 spiro atoms. The van der Waals surface area contributed by atoms with Crippen LogP contribution in [0.15, 0.2) is 41.6 Å². The van der Waals surface area contributed by atoms with Gasteiger partial charge in [-0.1, -0.05) is 17.7 Å². The molecule has 6 heteroatoms. The van der Waals surface area contributed by atoms with E-state index in [1.54, 1.807) is 18.9 Å². The van der Waals surface area contributed by atoms with E-state index in [-0.39, 0.29) is 0 Å². The number of hydrogen-bond donors (Lipinski definition) is 1. The molecule has 0 amide bonds. The molecule has 1 aromatic heterocycles. The van der Waals surface area contributed by atoms with Gasteiger partial charge in [0, 0.05) is 48.1 Å².